The van der Waals surface area contributed by atoms with Crippen LogP contribution in [-0.4, -0.2) is 15.9 Å². The lowest BCUT2D eigenvalue weighted by Gasteiger charge is -2.39. The number of halogens is 1. The highest BCUT2D eigenvalue weighted by Crippen LogP contribution is 2.44. The number of carbonyl (C=O) groups excluding carboxylic acids is 1. The van der Waals surface area contributed by atoms with Crippen molar-refractivity contribution in [1.82, 2.24) is 4.90 Å². The molecule has 3 rings (SSSR count). The van der Waals surface area contributed by atoms with Crippen LogP contribution in [0, 0.1) is 0 Å². The van der Waals surface area contributed by atoms with Crippen LogP contribution in [0.3, 0.4) is 0 Å². The van der Waals surface area contributed by atoms with E-state index in [9.17, 15) is 9.90 Å². The zero-order chi connectivity index (χ0) is 15.7. The first-order valence-electron chi connectivity index (χ1n) is 7.09. The van der Waals surface area contributed by atoms with Gasteiger partial charge in [-0.2, -0.15) is 0 Å². The number of hydrogen-bond acceptors (Lipinski definition) is 2. The van der Waals surface area contributed by atoms with Gasteiger partial charge in [0.2, 0.25) is 5.72 Å². The summed E-state index contributed by atoms with van der Waals surface area (Å²) in [7, 11) is 0. The van der Waals surface area contributed by atoms with Crippen LogP contribution in [0.5, 0.6) is 0 Å². The van der Waals surface area contributed by atoms with Gasteiger partial charge in [0, 0.05) is 11.6 Å². The maximum atomic E-state index is 12.4. The minimum atomic E-state index is -1.63. The molecule has 0 saturated carbocycles. The number of hydrogen-bond donors (Lipinski definition) is 1. The van der Waals surface area contributed by atoms with E-state index in [1.807, 2.05) is 55.5 Å². The summed E-state index contributed by atoms with van der Waals surface area (Å²) in [6.07, 6.45) is 1.29. The fourth-order valence-corrected chi connectivity index (χ4v) is 3.15. The van der Waals surface area contributed by atoms with Crippen LogP contribution in [0.25, 0.3) is 0 Å². The van der Waals surface area contributed by atoms with Gasteiger partial charge in [-0.25, -0.2) is 0 Å². The normalized spacial score (nSPS) is 22.6. The number of nitrogens with zero attached hydrogens (tertiary/aromatic N) is 1. The lowest BCUT2D eigenvalue weighted by molar-refractivity contribution is -0.149. The van der Waals surface area contributed by atoms with Crippen molar-refractivity contribution >= 4 is 17.5 Å². The molecule has 112 valence electrons. The fourth-order valence-electron chi connectivity index (χ4n) is 2.85. The van der Waals surface area contributed by atoms with Crippen molar-refractivity contribution < 1.29 is 9.90 Å². The number of amides is 1. The zero-order valence-electron chi connectivity index (χ0n) is 12.1. The Hall–Kier alpha value is -2.10. The van der Waals surface area contributed by atoms with Gasteiger partial charge in [0.25, 0.3) is 5.91 Å². The Balaban J connectivity index is 2.08. The highest BCUT2D eigenvalue weighted by atomic mass is 35.5. The minimum absolute atomic E-state index is 0.117. The fraction of sp³-hybridized carbons (Fsp3) is 0.167. The summed E-state index contributed by atoms with van der Waals surface area (Å²) in [6.45, 7) is 1.88. The Morgan fingerprint density at radius 3 is 2.18 bits per heavy atom. The van der Waals surface area contributed by atoms with Crippen molar-refractivity contribution in [2.75, 3.05) is 0 Å². The van der Waals surface area contributed by atoms with E-state index in [0.29, 0.717) is 5.56 Å². The van der Waals surface area contributed by atoms with Crippen molar-refractivity contribution in [3.63, 3.8) is 0 Å². The summed E-state index contributed by atoms with van der Waals surface area (Å²) in [5, 5.41) is 11.3. The molecule has 1 aliphatic rings. The third kappa shape index (κ3) is 2.23. The van der Waals surface area contributed by atoms with Crippen LogP contribution >= 0.6 is 11.6 Å². The molecule has 1 N–H and O–H groups in total. The highest BCUT2D eigenvalue weighted by molar-refractivity contribution is 6.33. The number of carbonyl (C=O) groups is 1. The minimum Gasteiger partial charge on any atom is -0.362 e. The third-order valence-corrected chi connectivity index (χ3v) is 4.39. The van der Waals surface area contributed by atoms with E-state index in [0.717, 1.165) is 5.56 Å². The summed E-state index contributed by atoms with van der Waals surface area (Å²) >= 11 is 6.22. The van der Waals surface area contributed by atoms with E-state index >= 15 is 0 Å². The van der Waals surface area contributed by atoms with Gasteiger partial charge >= 0.3 is 0 Å². The van der Waals surface area contributed by atoms with Gasteiger partial charge in [-0.05, 0) is 12.5 Å². The summed E-state index contributed by atoms with van der Waals surface area (Å²) in [4.78, 5) is 13.8. The molecule has 1 aliphatic heterocycles. The molecule has 1 heterocycles. The molecule has 0 radical (unpaired) electrons. The Morgan fingerprint density at radius 1 is 1.05 bits per heavy atom. The van der Waals surface area contributed by atoms with Crippen molar-refractivity contribution in [1.29, 1.82) is 0 Å². The molecule has 0 fully saturated rings. The van der Waals surface area contributed by atoms with Gasteiger partial charge in [-0.3, -0.25) is 9.69 Å². The standard InChI is InChI=1S/C18H16ClNO2/c1-13(14-8-4-2-5-9-14)20-17(21)12-16(19)18(20,22)15-10-6-3-7-11-15/h2-13,22H,1H3. The van der Waals surface area contributed by atoms with Gasteiger partial charge in [-0.15, -0.1) is 0 Å². The molecule has 2 aromatic carbocycles. The predicted molar refractivity (Wildman–Crippen MR) is 86.0 cm³/mol. The number of rotatable bonds is 3. The zero-order valence-corrected chi connectivity index (χ0v) is 12.9. The molecular weight excluding hydrogens is 298 g/mol. The van der Waals surface area contributed by atoms with Crippen molar-refractivity contribution in [2.45, 2.75) is 18.7 Å². The van der Waals surface area contributed by atoms with E-state index in [4.69, 9.17) is 11.6 Å². The Kier molecular flexibility index (Phi) is 3.77. The third-order valence-electron chi connectivity index (χ3n) is 4.01. The first kappa shape index (κ1) is 14.8. The van der Waals surface area contributed by atoms with Crippen LogP contribution in [0.1, 0.15) is 24.1 Å². The molecule has 4 heteroatoms. The molecular formula is C18H16ClNO2. The molecule has 0 aliphatic carbocycles. The van der Waals surface area contributed by atoms with E-state index < -0.39 is 5.72 Å². The maximum Gasteiger partial charge on any atom is 0.251 e. The lowest BCUT2D eigenvalue weighted by atomic mass is 9.98. The Labute approximate surface area is 134 Å². The largest absolute Gasteiger partial charge is 0.362 e. The molecule has 0 aromatic heterocycles. The second kappa shape index (κ2) is 5.59. The van der Waals surface area contributed by atoms with E-state index in [2.05, 4.69) is 0 Å². The summed E-state index contributed by atoms with van der Waals surface area (Å²) in [5.41, 5.74) is -0.121. The van der Waals surface area contributed by atoms with E-state index in [-0.39, 0.29) is 17.0 Å². The monoisotopic (exact) mass is 313 g/mol. The van der Waals surface area contributed by atoms with Crippen molar-refractivity contribution in [2.24, 2.45) is 0 Å². The first-order valence-corrected chi connectivity index (χ1v) is 7.46. The average Bonchev–Trinajstić information content (AvgIpc) is 2.79. The second-order valence-electron chi connectivity index (χ2n) is 5.33. The molecule has 0 bridgehead atoms. The Morgan fingerprint density at radius 2 is 1.59 bits per heavy atom. The summed E-state index contributed by atoms with van der Waals surface area (Å²) in [5.74, 6) is -0.298. The highest BCUT2D eigenvalue weighted by Gasteiger charge is 2.49. The Bertz CT molecular complexity index is 714. The van der Waals surface area contributed by atoms with Gasteiger partial charge in [-0.1, -0.05) is 72.3 Å². The molecule has 22 heavy (non-hydrogen) atoms. The maximum absolute atomic E-state index is 12.4. The molecule has 0 spiro atoms. The molecule has 3 nitrogen and oxygen atoms in total. The van der Waals surface area contributed by atoms with E-state index in [1.165, 1.54) is 11.0 Å². The van der Waals surface area contributed by atoms with Crippen molar-refractivity contribution in [3.05, 3.63) is 82.9 Å². The molecule has 0 saturated heterocycles. The molecule has 2 atom stereocenters. The quantitative estimate of drug-likeness (QED) is 0.941. The van der Waals surface area contributed by atoms with Gasteiger partial charge < -0.3 is 5.11 Å². The molecule has 2 aromatic rings. The lowest BCUT2D eigenvalue weighted by Crippen LogP contribution is -2.46. The molecule has 1 amide bonds. The van der Waals surface area contributed by atoms with Crippen LogP contribution in [-0.2, 0) is 10.5 Å². The average molecular weight is 314 g/mol. The number of benzene rings is 2. The van der Waals surface area contributed by atoms with Crippen LogP contribution in [0.15, 0.2) is 71.8 Å². The van der Waals surface area contributed by atoms with Crippen LogP contribution in [0.4, 0.5) is 0 Å². The second-order valence-corrected chi connectivity index (χ2v) is 5.73. The van der Waals surface area contributed by atoms with E-state index in [1.54, 1.807) is 12.1 Å². The van der Waals surface area contributed by atoms with Crippen LogP contribution < -0.4 is 0 Å². The topological polar surface area (TPSA) is 40.5 Å². The van der Waals surface area contributed by atoms with Crippen molar-refractivity contribution in [3.8, 4) is 0 Å². The predicted octanol–water partition coefficient (Wildman–Crippen LogP) is 3.56. The van der Waals surface area contributed by atoms with Crippen LogP contribution in [0.2, 0.25) is 0 Å². The van der Waals surface area contributed by atoms with Gasteiger partial charge in [0.15, 0.2) is 0 Å². The van der Waals surface area contributed by atoms with Gasteiger partial charge in [0.1, 0.15) is 0 Å². The first-order chi connectivity index (χ1) is 10.5. The number of aliphatic hydroxyl groups is 1. The molecule has 2 unspecified atom stereocenters. The smallest absolute Gasteiger partial charge is 0.251 e. The van der Waals surface area contributed by atoms with Gasteiger partial charge in [0.05, 0.1) is 11.1 Å². The summed E-state index contributed by atoms with van der Waals surface area (Å²) in [6, 6.07) is 18.3. The SMILES string of the molecule is CC(c1ccccc1)N1C(=O)C=C(Cl)C1(O)c1ccccc1. The summed E-state index contributed by atoms with van der Waals surface area (Å²) < 4.78 is 0.